The Morgan fingerprint density at radius 1 is 1.15 bits per heavy atom. The molecule has 108 valence electrons. The summed E-state index contributed by atoms with van der Waals surface area (Å²) < 4.78 is 65.1. The highest BCUT2D eigenvalue weighted by molar-refractivity contribution is 5.58. The van der Waals surface area contributed by atoms with Gasteiger partial charge in [-0.05, 0) is 18.2 Å². The van der Waals surface area contributed by atoms with Crippen molar-refractivity contribution >= 4 is 5.69 Å². The molecule has 20 heavy (non-hydrogen) atoms. The van der Waals surface area contributed by atoms with Gasteiger partial charge in [-0.25, -0.2) is 8.78 Å². The van der Waals surface area contributed by atoms with Crippen molar-refractivity contribution < 1.29 is 22.0 Å². The molecular weight excluding hydrogens is 279 g/mol. The lowest BCUT2D eigenvalue weighted by Crippen LogP contribution is -2.40. The SMILES string of the molecule is N#Cc1ccc(N2CCC(F)(F)CC2)c(C(F)(F)F)c1. The molecule has 0 N–H and O–H groups in total. The van der Waals surface area contributed by atoms with Gasteiger partial charge in [-0.3, -0.25) is 0 Å². The first-order chi connectivity index (χ1) is 9.23. The van der Waals surface area contributed by atoms with E-state index in [1.165, 1.54) is 17.0 Å². The van der Waals surface area contributed by atoms with Gasteiger partial charge < -0.3 is 4.90 Å². The molecule has 0 spiro atoms. The Kier molecular flexibility index (Phi) is 3.59. The van der Waals surface area contributed by atoms with Crippen LogP contribution in [0.1, 0.15) is 24.0 Å². The second kappa shape index (κ2) is 4.93. The van der Waals surface area contributed by atoms with Gasteiger partial charge >= 0.3 is 6.18 Å². The number of nitriles is 1. The molecule has 0 amide bonds. The predicted molar refractivity (Wildman–Crippen MR) is 62.6 cm³/mol. The normalized spacial score (nSPS) is 18.7. The molecule has 1 fully saturated rings. The number of halogens is 5. The molecular formula is C13H11F5N2. The van der Waals surface area contributed by atoms with Crippen molar-refractivity contribution in [1.29, 1.82) is 5.26 Å². The minimum absolute atomic E-state index is 0.108. The Bertz CT molecular complexity index is 535. The summed E-state index contributed by atoms with van der Waals surface area (Å²) in [5.74, 6) is -2.82. The van der Waals surface area contributed by atoms with E-state index in [9.17, 15) is 22.0 Å². The maximum Gasteiger partial charge on any atom is 0.418 e. The molecule has 0 saturated carbocycles. The molecule has 0 unspecified atom stereocenters. The van der Waals surface area contributed by atoms with Crippen molar-refractivity contribution in [3.63, 3.8) is 0 Å². The van der Waals surface area contributed by atoms with Crippen LogP contribution in [0.4, 0.5) is 27.6 Å². The molecule has 2 rings (SSSR count). The molecule has 1 aliphatic heterocycles. The lowest BCUT2D eigenvalue weighted by atomic mass is 10.0. The van der Waals surface area contributed by atoms with Gasteiger partial charge in [0.15, 0.2) is 0 Å². The molecule has 0 bridgehead atoms. The summed E-state index contributed by atoms with van der Waals surface area (Å²) in [6.07, 6.45) is -5.56. The fourth-order valence-corrected chi connectivity index (χ4v) is 2.18. The van der Waals surface area contributed by atoms with Crippen LogP contribution >= 0.6 is 0 Å². The number of benzene rings is 1. The van der Waals surface area contributed by atoms with E-state index >= 15 is 0 Å². The Morgan fingerprint density at radius 3 is 2.25 bits per heavy atom. The van der Waals surface area contributed by atoms with Gasteiger partial charge in [0, 0.05) is 31.6 Å². The van der Waals surface area contributed by atoms with Crippen LogP contribution in [-0.2, 0) is 6.18 Å². The van der Waals surface area contributed by atoms with Crippen molar-refractivity contribution in [1.82, 2.24) is 0 Å². The van der Waals surface area contributed by atoms with Gasteiger partial charge in [0.1, 0.15) is 0 Å². The summed E-state index contributed by atoms with van der Waals surface area (Å²) in [7, 11) is 0. The summed E-state index contributed by atoms with van der Waals surface area (Å²) in [4.78, 5) is 1.29. The van der Waals surface area contributed by atoms with E-state index in [0.29, 0.717) is 0 Å². The second-order valence-corrected chi connectivity index (χ2v) is 4.68. The monoisotopic (exact) mass is 290 g/mol. The third-order valence-electron chi connectivity index (χ3n) is 3.27. The Labute approximate surface area is 112 Å². The van der Waals surface area contributed by atoms with Gasteiger partial charge in [0.2, 0.25) is 0 Å². The van der Waals surface area contributed by atoms with Gasteiger partial charge in [0.05, 0.1) is 17.2 Å². The molecule has 1 saturated heterocycles. The van der Waals surface area contributed by atoms with Gasteiger partial charge in [0.25, 0.3) is 5.92 Å². The number of piperidine rings is 1. The van der Waals surface area contributed by atoms with Crippen molar-refractivity contribution in [2.75, 3.05) is 18.0 Å². The number of alkyl halides is 5. The fraction of sp³-hybridized carbons (Fsp3) is 0.462. The summed E-state index contributed by atoms with van der Waals surface area (Å²) in [6.45, 7) is -0.274. The van der Waals surface area contributed by atoms with E-state index in [4.69, 9.17) is 5.26 Å². The molecule has 0 aromatic heterocycles. The number of anilines is 1. The summed E-state index contributed by atoms with van der Waals surface area (Å²) in [5, 5.41) is 8.67. The molecule has 1 heterocycles. The van der Waals surface area contributed by atoms with Crippen LogP contribution in [0, 0.1) is 11.3 Å². The Balaban J connectivity index is 2.35. The smallest absolute Gasteiger partial charge is 0.371 e. The average molecular weight is 290 g/mol. The minimum Gasteiger partial charge on any atom is -0.371 e. The quantitative estimate of drug-likeness (QED) is 0.735. The summed E-state index contributed by atoms with van der Waals surface area (Å²) in [5.41, 5.74) is -1.21. The molecule has 1 aliphatic rings. The molecule has 0 aliphatic carbocycles. The first-order valence-electron chi connectivity index (χ1n) is 5.97. The molecule has 0 radical (unpaired) electrons. The summed E-state index contributed by atoms with van der Waals surface area (Å²) in [6, 6.07) is 4.83. The lowest BCUT2D eigenvalue weighted by Gasteiger charge is -2.34. The zero-order valence-corrected chi connectivity index (χ0v) is 10.3. The van der Waals surface area contributed by atoms with E-state index in [0.717, 1.165) is 6.07 Å². The van der Waals surface area contributed by atoms with Crippen molar-refractivity contribution in [2.24, 2.45) is 0 Å². The molecule has 1 aromatic rings. The minimum atomic E-state index is -4.62. The highest BCUT2D eigenvalue weighted by atomic mass is 19.4. The number of nitrogens with zero attached hydrogens (tertiary/aromatic N) is 2. The number of rotatable bonds is 1. The van der Waals surface area contributed by atoms with Crippen LogP contribution in [0.3, 0.4) is 0 Å². The van der Waals surface area contributed by atoms with E-state index in [2.05, 4.69) is 0 Å². The van der Waals surface area contributed by atoms with Crippen LogP contribution in [0.15, 0.2) is 18.2 Å². The highest BCUT2D eigenvalue weighted by Gasteiger charge is 2.39. The standard InChI is InChI=1S/C13H11F5N2/c14-12(15)3-5-20(6-4-12)11-2-1-9(8-19)7-10(11)13(16,17)18/h1-2,7H,3-6H2. The second-order valence-electron chi connectivity index (χ2n) is 4.68. The van der Waals surface area contributed by atoms with Crippen LogP contribution in [0.5, 0.6) is 0 Å². The van der Waals surface area contributed by atoms with E-state index in [1.807, 2.05) is 0 Å². The highest BCUT2D eigenvalue weighted by Crippen LogP contribution is 2.39. The third-order valence-corrected chi connectivity index (χ3v) is 3.27. The Hall–Kier alpha value is -1.84. The van der Waals surface area contributed by atoms with E-state index in [-0.39, 0.29) is 24.3 Å². The molecule has 7 heteroatoms. The topological polar surface area (TPSA) is 27.0 Å². The predicted octanol–water partition coefficient (Wildman–Crippen LogP) is 3.81. The van der Waals surface area contributed by atoms with Gasteiger partial charge in [-0.1, -0.05) is 0 Å². The van der Waals surface area contributed by atoms with Crippen LogP contribution in [0.25, 0.3) is 0 Å². The van der Waals surface area contributed by atoms with Crippen molar-refractivity contribution in [3.05, 3.63) is 29.3 Å². The Morgan fingerprint density at radius 2 is 1.75 bits per heavy atom. The maximum absolute atomic E-state index is 13.1. The fourth-order valence-electron chi connectivity index (χ4n) is 2.18. The van der Waals surface area contributed by atoms with Crippen LogP contribution in [0.2, 0.25) is 0 Å². The maximum atomic E-state index is 13.1. The van der Waals surface area contributed by atoms with Crippen molar-refractivity contribution in [2.45, 2.75) is 24.9 Å². The lowest BCUT2D eigenvalue weighted by molar-refractivity contribution is -0.137. The van der Waals surface area contributed by atoms with Crippen LogP contribution in [-0.4, -0.2) is 19.0 Å². The average Bonchev–Trinajstić information content (AvgIpc) is 2.37. The van der Waals surface area contributed by atoms with Gasteiger partial charge in [-0.2, -0.15) is 18.4 Å². The number of hydrogen-bond acceptors (Lipinski definition) is 2. The first-order valence-corrected chi connectivity index (χ1v) is 5.97. The van der Waals surface area contributed by atoms with Crippen LogP contribution < -0.4 is 4.90 Å². The molecule has 2 nitrogen and oxygen atoms in total. The molecule has 0 atom stereocenters. The third kappa shape index (κ3) is 3.00. The van der Waals surface area contributed by atoms with Crippen molar-refractivity contribution in [3.8, 4) is 6.07 Å². The zero-order valence-electron chi connectivity index (χ0n) is 10.3. The summed E-state index contributed by atoms with van der Waals surface area (Å²) >= 11 is 0. The number of hydrogen-bond donors (Lipinski definition) is 0. The zero-order chi connectivity index (χ0) is 15.0. The first kappa shape index (κ1) is 14.6. The van der Waals surface area contributed by atoms with E-state index < -0.39 is 30.5 Å². The van der Waals surface area contributed by atoms with E-state index in [1.54, 1.807) is 6.07 Å². The largest absolute Gasteiger partial charge is 0.418 e. The van der Waals surface area contributed by atoms with Gasteiger partial charge in [-0.15, -0.1) is 0 Å². The molecule has 1 aromatic carbocycles.